The van der Waals surface area contributed by atoms with Gasteiger partial charge in [-0.3, -0.25) is 0 Å². The van der Waals surface area contributed by atoms with Crippen molar-refractivity contribution in [3.8, 4) is 0 Å². The summed E-state index contributed by atoms with van der Waals surface area (Å²) in [4.78, 5) is 0. The lowest BCUT2D eigenvalue weighted by atomic mass is 9.49. The summed E-state index contributed by atoms with van der Waals surface area (Å²) in [6.45, 7) is 9.78. The summed E-state index contributed by atoms with van der Waals surface area (Å²) in [5.74, 6) is 1.76. The molecule has 0 amide bonds. The van der Waals surface area contributed by atoms with Gasteiger partial charge in [0.1, 0.15) is 7.69 Å². The van der Waals surface area contributed by atoms with Gasteiger partial charge in [0.05, 0.1) is 0 Å². The van der Waals surface area contributed by atoms with Crippen LogP contribution in [0.15, 0.2) is 36.5 Å². The quantitative estimate of drug-likeness (QED) is 0.750. The average molecular weight is 298 g/mol. The number of rotatable bonds is 2. The van der Waals surface area contributed by atoms with E-state index >= 15 is 0 Å². The van der Waals surface area contributed by atoms with Crippen LogP contribution in [0.5, 0.6) is 0 Å². The number of benzene rings is 1. The van der Waals surface area contributed by atoms with Crippen LogP contribution in [0.2, 0.25) is 0 Å². The first-order valence-corrected chi connectivity index (χ1v) is 9.89. The van der Waals surface area contributed by atoms with Gasteiger partial charge in [-0.2, -0.15) is 4.33 Å². The highest BCUT2D eigenvalue weighted by atomic mass is 31.1. The lowest BCUT2D eigenvalue weighted by Gasteiger charge is -2.55. The first-order valence-electron chi connectivity index (χ1n) is 8.15. The van der Waals surface area contributed by atoms with Crippen molar-refractivity contribution in [2.45, 2.75) is 45.6 Å². The smallest absolute Gasteiger partial charge is 0.182 e. The molecule has 5 rings (SSSR count). The van der Waals surface area contributed by atoms with Gasteiger partial charge in [-0.05, 0) is 30.1 Å². The van der Waals surface area contributed by atoms with E-state index in [2.05, 4.69) is 68.3 Å². The van der Waals surface area contributed by atoms with E-state index in [4.69, 9.17) is 0 Å². The first kappa shape index (κ1) is 13.6. The number of aromatic nitrogens is 1. The van der Waals surface area contributed by atoms with Gasteiger partial charge in [0.2, 0.25) is 0 Å². The van der Waals surface area contributed by atoms with Crippen molar-refractivity contribution in [1.29, 1.82) is 0 Å². The second-order valence-electron chi connectivity index (χ2n) is 7.53. The average Bonchev–Trinajstić information content (AvgIpc) is 2.84. The van der Waals surface area contributed by atoms with Gasteiger partial charge in [-0.1, -0.05) is 44.2 Å². The van der Waals surface area contributed by atoms with Gasteiger partial charge in [0.15, 0.2) is 12.2 Å². The molecule has 110 valence electrons. The van der Waals surface area contributed by atoms with Crippen LogP contribution < -0.4 is 4.33 Å². The zero-order chi connectivity index (χ0) is 14.8. The van der Waals surface area contributed by atoms with Crippen LogP contribution in [0.25, 0.3) is 0 Å². The van der Waals surface area contributed by atoms with Crippen LogP contribution in [-0.2, 0) is 13.1 Å². The Kier molecular flexibility index (Phi) is 2.89. The van der Waals surface area contributed by atoms with Gasteiger partial charge in [-0.15, -0.1) is 0 Å². The molecule has 3 aliphatic rings. The Labute approximate surface area is 129 Å². The SMILES string of the molecule is C[C@H](c1ccccc1)[n+]1cc2c(p1C)C[C@H]1C[C@@H]2C1(C)C. The van der Waals surface area contributed by atoms with E-state index in [0.29, 0.717) is 11.5 Å². The third-order valence-electron chi connectivity index (χ3n) is 6.31. The third kappa shape index (κ3) is 1.80. The Balaban J connectivity index is 1.76. The van der Waals surface area contributed by atoms with E-state index in [9.17, 15) is 0 Å². The van der Waals surface area contributed by atoms with Crippen molar-refractivity contribution < 1.29 is 4.33 Å². The van der Waals surface area contributed by atoms with Crippen LogP contribution in [0.3, 0.4) is 0 Å². The Morgan fingerprint density at radius 3 is 2.62 bits per heavy atom. The minimum absolute atomic E-state index is 0.129. The zero-order valence-electron chi connectivity index (χ0n) is 13.5. The minimum Gasteiger partial charge on any atom is -0.189 e. The maximum Gasteiger partial charge on any atom is 0.182 e. The topological polar surface area (TPSA) is 3.88 Å². The number of nitrogens with zero attached hydrogens (tertiary/aromatic N) is 1. The monoisotopic (exact) mass is 298 g/mol. The molecule has 3 aliphatic carbocycles. The standard InChI is InChI=1S/C19H25NP/c1-13(14-8-6-5-7-9-14)20-12-16-17-10-15(19(17,2)3)11-18(16)21(20)4/h5-9,12-13,15,17H,10-11H2,1-4H3/q+1/t13-,15-,17+,21?/m1/s1. The largest absolute Gasteiger partial charge is 0.189 e. The molecule has 1 saturated carbocycles. The van der Waals surface area contributed by atoms with Crippen molar-refractivity contribution in [2.24, 2.45) is 18.0 Å². The molecular weight excluding hydrogens is 273 g/mol. The molecule has 4 atom stereocenters. The molecule has 1 aromatic carbocycles. The summed E-state index contributed by atoms with van der Waals surface area (Å²) in [5.41, 5.74) is 3.69. The Hall–Kier alpha value is -1.07. The second-order valence-corrected chi connectivity index (χ2v) is 9.58. The van der Waals surface area contributed by atoms with E-state index in [1.807, 2.05) is 0 Å². The fraction of sp³-hybridized carbons (Fsp3) is 0.526. The van der Waals surface area contributed by atoms with Gasteiger partial charge in [0.25, 0.3) is 0 Å². The molecular formula is C19H25NP+. The molecule has 0 saturated heterocycles. The predicted molar refractivity (Wildman–Crippen MR) is 88.9 cm³/mol. The number of hydrogen-bond donors (Lipinski definition) is 0. The molecule has 2 aromatic rings. The summed E-state index contributed by atoms with van der Waals surface area (Å²) >= 11 is 0. The fourth-order valence-corrected chi connectivity index (χ4v) is 6.85. The molecule has 0 aliphatic heterocycles. The minimum atomic E-state index is -0.129. The van der Waals surface area contributed by atoms with Gasteiger partial charge < -0.3 is 0 Å². The van der Waals surface area contributed by atoms with E-state index in [1.165, 1.54) is 18.4 Å². The van der Waals surface area contributed by atoms with Gasteiger partial charge in [0, 0.05) is 30.0 Å². The van der Waals surface area contributed by atoms with Crippen LogP contribution >= 0.6 is 7.69 Å². The van der Waals surface area contributed by atoms with E-state index in [1.54, 1.807) is 10.9 Å². The zero-order valence-corrected chi connectivity index (χ0v) is 14.4. The highest BCUT2D eigenvalue weighted by molar-refractivity contribution is 7.41. The molecule has 21 heavy (non-hydrogen) atoms. The van der Waals surface area contributed by atoms with E-state index in [-0.39, 0.29) is 7.69 Å². The van der Waals surface area contributed by atoms with Crippen molar-refractivity contribution in [3.63, 3.8) is 0 Å². The Bertz CT molecular complexity index is 683. The summed E-state index contributed by atoms with van der Waals surface area (Å²) in [6.07, 6.45) is 5.31. The molecule has 2 heteroatoms. The molecule has 0 spiro atoms. The highest BCUT2D eigenvalue weighted by Crippen LogP contribution is 2.64. The molecule has 0 radical (unpaired) electrons. The van der Waals surface area contributed by atoms with Gasteiger partial charge >= 0.3 is 0 Å². The summed E-state index contributed by atoms with van der Waals surface area (Å²) in [5, 5.41) is 1.80. The van der Waals surface area contributed by atoms with E-state index in [0.717, 1.165) is 11.8 Å². The van der Waals surface area contributed by atoms with Crippen LogP contribution in [0, 0.1) is 11.3 Å². The maximum absolute atomic E-state index is 2.66. The summed E-state index contributed by atoms with van der Waals surface area (Å²) < 4.78 is 2.66. The lowest BCUT2D eigenvalue weighted by Crippen LogP contribution is -2.47. The first-order chi connectivity index (χ1) is 10.00. The molecule has 2 bridgehead atoms. The molecule has 1 heterocycles. The summed E-state index contributed by atoms with van der Waals surface area (Å²) in [6, 6.07) is 11.5. The molecule has 1 unspecified atom stereocenters. The lowest BCUT2D eigenvalue weighted by molar-refractivity contribution is -0.645. The van der Waals surface area contributed by atoms with Crippen molar-refractivity contribution >= 4 is 7.69 Å². The normalized spacial score (nSPS) is 27.7. The van der Waals surface area contributed by atoms with Crippen LogP contribution in [-0.4, -0.2) is 0 Å². The van der Waals surface area contributed by atoms with Crippen molar-refractivity contribution in [2.75, 3.05) is 0 Å². The van der Waals surface area contributed by atoms with Crippen molar-refractivity contribution in [3.05, 3.63) is 53.0 Å². The van der Waals surface area contributed by atoms with Crippen LogP contribution in [0.4, 0.5) is 0 Å². The highest BCUT2D eigenvalue weighted by Gasteiger charge is 2.55. The molecule has 1 aromatic heterocycles. The van der Waals surface area contributed by atoms with Crippen molar-refractivity contribution in [1.82, 2.24) is 0 Å². The van der Waals surface area contributed by atoms with Gasteiger partial charge in [-0.25, -0.2) is 0 Å². The fourth-order valence-electron chi connectivity index (χ4n) is 4.55. The van der Waals surface area contributed by atoms with E-state index < -0.39 is 0 Å². The maximum atomic E-state index is 2.66. The van der Waals surface area contributed by atoms with Crippen LogP contribution in [0.1, 0.15) is 55.6 Å². The molecule has 0 N–H and O–H groups in total. The molecule has 1 nitrogen and oxygen atoms in total. The Morgan fingerprint density at radius 2 is 1.95 bits per heavy atom. The number of hydrogen-bond acceptors (Lipinski definition) is 0. The second kappa shape index (κ2) is 4.46. The molecule has 1 fully saturated rings. The third-order valence-corrected chi connectivity index (χ3v) is 8.68. The Morgan fingerprint density at radius 1 is 1.24 bits per heavy atom. The summed E-state index contributed by atoms with van der Waals surface area (Å²) in [7, 11) is -0.129. The predicted octanol–water partition coefficient (Wildman–Crippen LogP) is 4.79.